The minimum atomic E-state index is -0.857. The van der Waals surface area contributed by atoms with Crippen molar-refractivity contribution in [2.75, 3.05) is 19.0 Å². The van der Waals surface area contributed by atoms with Gasteiger partial charge in [0, 0.05) is 32.2 Å². The van der Waals surface area contributed by atoms with Crippen molar-refractivity contribution in [3.8, 4) is 11.8 Å². The van der Waals surface area contributed by atoms with Gasteiger partial charge < -0.3 is 19.7 Å². The van der Waals surface area contributed by atoms with Crippen LogP contribution in [0.3, 0.4) is 0 Å². The number of carbonyl (C=O) groups excluding carboxylic acids is 1. The number of benzene rings is 1. The molecule has 0 spiro atoms. The number of rotatable bonds is 9. The largest absolute Gasteiger partial charge is 0.501 e. The Morgan fingerprint density at radius 3 is 2.84 bits per heavy atom. The molecule has 0 aliphatic rings. The third-order valence-corrected chi connectivity index (χ3v) is 6.12. The van der Waals surface area contributed by atoms with Gasteiger partial charge in [-0.1, -0.05) is 12.1 Å². The van der Waals surface area contributed by atoms with Crippen LogP contribution in [0.4, 0.5) is 10.1 Å². The quantitative estimate of drug-likeness (QED) is 0.337. The number of aromatic hydroxyl groups is 1. The molecule has 0 saturated heterocycles. The van der Waals surface area contributed by atoms with Crippen LogP contribution in [-0.2, 0) is 18.3 Å². The Labute approximate surface area is 215 Å². The zero-order valence-corrected chi connectivity index (χ0v) is 20.8. The number of nitrogens with one attached hydrogen (secondary N) is 1. The molecule has 3 aromatic heterocycles. The lowest BCUT2D eigenvalue weighted by Crippen LogP contribution is -2.29. The van der Waals surface area contributed by atoms with Crippen molar-refractivity contribution in [1.82, 2.24) is 24.5 Å². The summed E-state index contributed by atoms with van der Waals surface area (Å²) in [5.41, 5.74) is 0.0305. The summed E-state index contributed by atoms with van der Waals surface area (Å²) >= 11 is 0. The fourth-order valence-corrected chi connectivity index (χ4v) is 4.26. The Morgan fingerprint density at radius 1 is 1.37 bits per heavy atom. The second kappa shape index (κ2) is 11.1. The third kappa shape index (κ3) is 5.16. The van der Waals surface area contributed by atoms with Crippen LogP contribution in [-0.4, -0.2) is 49.2 Å². The maximum absolute atomic E-state index is 14.4. The molecular weight excluding hydrogens is 497 g/mol. The summed E-state index contributed by atoms with van der Waals surface area (Å²) in [6.07, 6.45) is 5.74. The molecular formula is C25H24FN7O5. The van der Waals surface area contributed by atoms with E-state index in [2.05, 4.69) is 31.1 Å². The zero-order valence-electron chi connectivity index (χ0n) is 20.8. The second-order valence-corrected chi connectivity index (χ2v) is 8.54. The Morgan fingerprint density at radius 2 is 2.16 bits per heavy atom. The van der Waals surface area contributed by atoms with Crippen LogP contribution in [0.15, 0.2) is 52.4 Å². The molecule has 0 aliphatic carbocycles. The number of amides is 1. The molecule has 0 unspecified atom stereocenters. The fourth-order valence-electron chi connectivity index (χ4n) is 4.26. The van der Waals surface area contributed by atoms with E-state index < -0.39 is 40.6 Å². The van der Waals surface area contributed by atoms with E-state index in [9.17, 15) is 24.3 Å². The predicted molar refractivity (Wildman–Crippen MR) is 131 cm³/mol. The smallest absolute Gasteiger partial charge is 0.296 e. The molecule has 4 aromatic rings. The van der Waals surface area contributed by atoms with E-state index in [4.69, 9.17) is 4.74 Å². The average Bonchev–Trinajstić information content (AvgIpc) is 3.59. The number of ether oxygens (including phenoxy) is 1. The monoisotopic (exact) mass is 521 g/mol. The molecule has 0 saturated carbocycles. The van der Waals surface area contributed by atoms with Crippen molar-refractivity contribution in [3.63, 3.8) is 0 Å². The molecule has 12 nitrogen and oxygen atoms in total. The molecule has 0 bridgehead atoms. The Hall–Kier alpha value is -4.83. The molecule has 0 radical (unpaired) electrons. The number of hydrogen-bond acceptors (Lipinski definition) is 9. The predicted octanol–water partition coefficient (Wildman–Crippen LogP) is 2.52. The van der Waals surface area contributed by atoms with E-state index in [0.29, 0.717) is 24.3 Å². The summed E-state index contributed by atoms with van der Waals surface area (Å²) in [6.45, 7) is 2.59. The molecule has 196 valence electrons. The normalized spacial score (nSPS) is 12.6. The minimum absolute atomic E-state index is 0.117. The second-order valence-electron chi connectivity index (χ2n) is 8.54. The first-order chi connectivity index (χ1) is 18.2. The van der Waals surface area contributed by atoms with E-state index in [1.54, 1.807) is 31.1 Å². The van der Waals surface area contributed by atoms with Crippen LogP contribution in [0.1, 0.15) is 51.8 Å². The fraction of sp³-hybridized carbons (Fsp3) is 0.280. The number of carbonyl (C=O) groups is 1. The van der Waals surface area contributed by atoms with Crippen LogP contribution in [0.2, 0.25) is 0 Å². The number of hydrogen-bond donors (Lipinski definition) is 2. The van der Waals surface area contributed by atoms with Crippen molar-refractivity contribution < 1.29 is 23.6 Å². The molecule has 13 heteroatoms. The van der Waals surface area contributed by atoms with Crippen LogP contribution >= 0.6 is 0 Å². The van der Waals surface area contributed by atoms with Gasteiger partial charge in [0.05, 0.1) is 37.2 Å². The van der Waals surface area contributed by atoms with Gasteiger partial charge in [-0.2, -0.15) is 10.4 Å². The van der Waals surface area contributed by atoms with Crippen LogP contribution in [0, 0.1) is 17.1 Å². The number of halogens is 1. The molecule has 2 atom stereocenters. The third-order valence-electron chi connectivity index (χ3n) is 6.12. The topological polar surface area (TPSA) is 161 Å². The van der Waals surface area contributed by atoms with Gasteiger partial charge in [0.1, 0.15) is 23.6 Å². The first-order valence-electron chi connectivity index (χ1n) is 11.5. The Balaban J connectivity index is 1.85. The zero-order chi connectivity index (χ0) is 27.4. The highest BCUT2D eigenvalue weighted by Crippen LogP contribution is 2.39. The number of aromatic nitrogens is 5. The molecule has 2 N–H and O–H groups in total. The van der Waals surface area contributed by atoms with Gasteiger partial charge in [0.2, 0.25) is 5.75 Å². The van der Waals surface area contributed by atoms with E-state index in [0.717, 1.165) is 4.57 Å². The molecule has 1 amide bonds. The van der Waals surface area contributed by atoms with Gasteiger partial charge >= 0.3 is 0 Å². The van der Waals surface area contributed by atoms with Gasteiger partial charge in [0.15, 0.2) is 5.69 Å². The lowest BCUT2D eigenvalue weighted by atomic mass is 9.80. The Kier molecular flexibility index (Phi) is 7.63. The van der Waals surface area contributed by atoms with E-state index >= 15 is 0 Å². The average molecular weight is 522 g/mol. The number of nitrogens with zero attached hydrogens (tertiary/aromatic N) is 6. The molecule has 0 fully saturated rings. The first-order valence-corrected chi connectivity index (χ1v) is 11.5. The van der Waals surface area contributed by atoms with Crippen LogP contribution in [0.25, 0.3) is 0 Å². The summed E-state index contributed by atoms with van der Waals surface area (Å²) in [6, 6.07) is 5.91. The Bertz CT molecular complexity index is 1560. The maximum atomic E-state index is 14.4. The molecule has 38 heavy (non-hydrogen) atoms. The van der Waals surface area contributed by atoms with Crippen LogP contribution < -0.4 is 10.9 Å². The minimum Gasteiger partial charge on any atom is -0.501 e. The lowest BCUT2D eigenvalue weighted by Gasteiger charge is -2.26. The highest BCUT2D eigenvalue weighted by Gasteiger charge is 2.32. The van der Waals surface area contributed by atoms with Gasteiger partial charge in [0.25, 0.3) is 11.5 Å². The molecule has 4 rings (SSSR count). The van der Waals surface area contributed by atoms with E-state index in [1.165, 1.54) is 37.7 Å². The molecule has 0 aliphatic heterocycles. The standard InChI is InChI=1S/C25H24FN7O5/c1-14(23-31-21(22(34)25(36)32(23)2)24(35)30-18-11-29-38-13-18)20(16-10-28-33(12-16)6-7-37-3)19-8-17(26)5-4-15(19)9-27/h4-5,8,10-14,20,34H,6-7H2,1-3H3,(H,30,35)/t14-,20+/m1/s1. The molecule has 3 heterocycles. The van der Waals surface area contributed by atoms with Crippen molar-refractivity contribution in [2.45, 2.75) is 25.3 Å². The van der Waals surface area contributed by atoms with E-state index in [1.807, 2.05) is 0 Å². The number of nitriles is 1. The number of methoxy groups -OCH3 is 1. The van der Waals surface area contributed by atoms with Crippen molar-refractivity contribution in [2.24, 2.45) is 7.05 Å². The lowest BCUT2D eigenvalue weighted by molar-refractivity contribution is 0.101. The number of anilines is 1. The van der Waals surface area contributed by atoms with Gasteiger partial charge in [-0.25, -0.2) is 9.37 Å². The van der Waals surface area contributed by atoms with Crippen LogP contribution in [0.5, 0.6) is 5.75 Å². The van der Waals surface area contributed by atoms with Crippen molar-refractivity contribution >= 4 is 11.6 Å². The highest BCUT2D eigenvalue weighted by atomic mass is 19.1. The summed E-state index contributed by atoms with van der Waals surface area (Å²) in [5, 5.41) is 30.5. The maximum Gasteiger partial charge on any atom is 0.296 e. The van der Waals surface area contributed by atoms with E-state index in [-0.39, 0.29) is 17.1 Å². The van der Waals surface area contributed by atoms with Crippen molar-refractivity contribution in [1.29, 1.82) is 5.26 Å². The van der Waals surface area contributed by atoms with Crippen molar-refractivity contribution in [3.05, 3.63) is 87.4 Å². The summed E-state index contributed by atoms with van der Waals surface area (Å²) in [4.78, 5) is 30.1. The highest BCUT2D eigenvalue weighted by molar-refractivity contribution is 6.04. The van der Waals surface area contributed by atoms with Gasteiger partial charge in [-0.3, -0.25) is 18.8 Å². The molecule has 1 aromatic carbocycles. The van der Waals surface area contributed by atoms with Gasteiger partial charge in [-0.05, 0) is 29.3 Å². The summed E-state index contributed by atoms with van der Waals surface area (Å²) < 4.78 is 27.0. The van der Waals surface area contributed by atoms with Gasteiger partial charge in [-0.15, -0.1) is 0 Å². The first kappa shape index (κ1) is 26.2. The SMILES string of the molecule is COCCn1cc([C@@H](c2cc(F)ccc2C#N)[C@@H](C)c2nc(C(=O)Nc3cnoc3)c(O)c(=O)n2C)cn1. The summed E-state index contributed by atoms with van der Waals surface area (Å²) in [5.74, 6) is -3.53. The summed E-state index contributed by atoms with van der Waals surface area (Å²) in [7, 11) is 2.97.